The number of rotatable bonds is 2. The molecule has 2 N–H and O–H groups in total. The number of hydrogen-bond acceptors (Lipinski definition) is 4. The molecule has 0 saturated carbocycles. The van der Waals surface area contributed by atoms with E-state index in [9.17, 15) is 14.7 Å². The highest BCUT2D eigenvalue weighted by Crippen LogP contribution is 2.24. The Morgan fingerprint density at radius 3 is 2.73 bits per heavy atom. The Morgan fingerprint density at radius 2 is 2.20 bits per heavy atom. The molecule has 5 nitrogen and oxygen atoms in total. The van der Waals surface area contributed by atoms with Gasteiger partial charge in [-0.2, -0.15) is 0 Å². The summed E-state index contributed by atoms with van der Waals surface area (Å²) in [6.07, 6.45) is 0.267. The first-order chi connectivity index (χ1) is 6.87. The average molecular weight is 213 g/mol. The van der Waals surface area contributed by atoms with E-state index < -0.39 is 23.2 Å². The molecule has 0 radical (unpaired) electrons. The van der Waals surface area contributed by atoms with E-state index in [1.807, 2.05) is 0 Å². The second-order valence-corrected chi connectivity index (χ2v) is 4.06. The zero-order valence-corrected chi connectivity index (χ0v) is 9.09. The van der Waals surface area contributed by atoms with E-state index in [1.54, 1.807) is 20.8 Å². The lowest BCUT2D eigenvalue weighted by Gasteiger charge is -2.31. The molecule has 0 fully saturated rings. The van der Waals surface area contributed by atoms with Crippen LogP contribution < -0.4 is 5.32 Å². The van der Waals surface area contributed by atoms with Crippen LogP contribution in [0.25, 0.3) is 0 Å². The van der Waals surface area contributed by atoms with Crippen LogP contribution in [0.5, 0.6) is 0 Å². The summed E-state index contributed by atoms with van der Waals surface area (Å²) in [4.78, 5) is 22.7. The summed E-state index contributed by atoms with van der Waals surface area (Å²) in [7, 11) is 0. The average Bonchev–Trinajstić information content (AvgIpc) is 2.11. The number of carbonyl (C=O) groups excluding carboxylic acids is 2. The quantitative estimate of drug-likeness (QED) is 0.661. The minimum atomic E-state index is -0.630. The molecule has 0 aromatic carbocycles. The number of ether oxygens (including phenoxy) is 1. The van der Waals surface area contributed by atoms with Crippen LogP contribution in [-0.2, 0) is 14.3 Å². The predicted octanol–water partition coefficient (Wildman–Crippen LogP) is 0.660. The van der Waals surface area contributed by atoms with Crippen molar-refractivity contribution in [3.05, 3.63) is 11.3 Å². The fourth-order valence-corrected chi connectivity index (χ4v) is 1.46. The highest BCUT2D eigenvalue weighted by Gasteiger charge is 2.35. The predicted molar refractivity (Wildman–Crippen MR) is 53.1 cm³/mol. The highest BCUT2D eigenvalue weighted by atomic mass is 16.5. The fraction of sp³-hybridized carbons (Fsp3) is 0.600. The first kappa shape index (κ1) is 11.6. The van der Waals surface area contributed by atoms with Crippen molar-refractivity contribution in [2.24, 2.45) is 0 Å². The van der Waals surface area contributed by atoms with Gasteiger partial charge in [-0.15, -0.1) is 0 Å². The summed E-state index contributed by atoms with van der Waals surface area (Å²) in [6.45, 7) is 5.44. The van der Waals surface area contributed by atoms with Crippen LogP contribution in [0, 0.1) is 0 Å². The van der Waals surface area contributed by atoms with Gasteiger partial charge in [0.1, 0.15) is 0 Å². The molecular formula is C10H15NO4. The Bertz CT molecular complexity index is 330. The van der Waals surface area contributed by atoms with E-state index >= 15 is 0 Å². The first-order valence-electron chi connectivity index (χ1n) is 4.79. The number of esters is 1. The number of carbonyl (C=O) groups is 2. The van der Waals surface area contributed by atoms with Crippen molar-refractivity contribution < 1.29 is 19.4 Å². The molecule has 5 heteroatoms. The molecule has 15 heavy (non-hydrogen) atoms. The third-order valence-corrected chi connectivity index (χ3v) is 2.09. The summed E-state index contributed by atoms with van der Waals surface area (Å²) >= 11 is 0. The number of amides is 1. The monoisotopic (exact) mass is 213 g/mol. The Kier molecular flexibility index (Phi) is 3.02. The van der Waals surface area contributed by atoms with Crippen molar-refractivity contribution in [3.63, 3.8) is 0 Å². The molecule has 0 saturated heterocycles. The molecule has 0 aliphatic carbocycles. The summed E-state index contributed by atoms with van der Waals surface area (Å²) in [5.41, 5.74) is -0.489. The van der Waals surface area contributed by atoms with E-state index in [4.69, 9.17) is 4.74 Å². The maximum absolute atomic E-state index is 11.4. The van der Waals surface area contributed by atoms with Crippen molar-refractivity contribution in [1.82, 2.24) is 5.32 Å². The molecule has 0 bridgehead atoms. The Morgan fingerprint density at radius 1 is 1.60 bits per heavy atom. The van der Waals surface area contributed by atoms with Crippen molar-refractivity contribution in [2.75, 3.05) is 6.61 Å². The maximum Gasteiger partial charge on any atom is 0.338 e. The summed E-state index contributed by atoms with van der Waals surface area (Å²) in [6, 6.07) is 0. The van der Waals surface area contributed by atoms with Gasteiger partial charge in [0.2, 0.25) is 0 Å². The van der Waals surface area contributed by atoms with Gasteiger partial charge in [-0.3, -0.25) is 4.79 Å². The van der Waals surface area contributed by atoms with Gasteiger partial charge >= 0.3 is 5.97 Å². The molecule has 1 aliphatic rings. The van der Waals surface area contributed by atoms with Crippen LogP contribution in [-0.4, -0.2) is 29.1 Å². The van der Waals surface area contributed by atoms with Gasteiger partial charge in [0.05, 0.1) is 12.2 Å². The molecule has 0 atom stereocenters. The van der Waals surface area contributed by atoms with Gasteiger partial charge in [0.25, 0.3) is 5.91 Å². The molecular weight excluding hydrogens is 198 g/mol. The number of hydrogen-bond donors (Lipinski definition) is 2. The lowest BCUT2D eigenvalue weighted by molar-refractivity contribution is -0.140. The largest absolute Gasteiger partial charge is 0.503 e. The topological polar surface area (TPSA) is 75.6 Å². The molecule has 1 rings (SSSR count). The van der Waals surface area contributed by atoms with Crippen LogP contribution in [0.3, 0.4) is 0 Å². The minimum Gasteiger partial charge on any atom is -0.503 e. The molecule has 1 amide bonds. The summed E-state index contributed by atoms with van der Waals surface area (Å²) < 4.78 is 4.76. The lowest BCUT2D eigenvalue weighted by Crippen LogP contribution is -2.49. The second-order valence-electron chi connectivity index (χ2n) is 4.06. The van der Waals surface area contributed by atoms with Crippen LogP contribution in [0.2, 0.25) is 0 Å². The van der Waals surface area contributed by atoms with E-state index in [1.165, 1.54) is 0 Å². The fourth-order valence-electron chi connectivity index (χ4n) is 1.46. The molecule has 1 heterocycles. The van der Waals surface area contributed by atoms with Crippen molar-refractivity contribution >= 4 is 11.9 Å². The standard InChI is InChI=1S/C10H15NO4/c1-4-15-9(14)6-5-10(2,3)11-8(13)7(6)12/h12H,4-5H2,1-3H3,(H,11,13). The van der Waals surface area contributed by atoms with Crippen molar-refractivity contribution in [3.8, 4) is 0 Å². The molecule has 0 unspecified atom stereocenters. The maximum atomic E-state index is 11.4. The molecule has 0 aromatic rings. The second kappa shape index (κ2) is 3.92. The van der Waals surface area contributed by atoms with Crippen LogP contribution in [0.4, 0.5) is 0 Å². The molecule has 0 aromatic heterocycles. The molecule has 0 spiro atoms. The van der Waals surface area contributed by atoms with Gasteiger partial charge in [-0.1, -0.05) is 0 Å². The SMILES string of the molecule is CCOC(=O)C1=C(O)C(=O)NC(C)(C)C1. The normalized spacial score (nSPS) is 19.8. The Labute approximate surface area is 88.1 Å². The molecule has 1 aliphatic heterocycles. The highest BCUT2D eigenvalue weighted by molar-refractivity contribution is 6.02. The van der Waals surface area contributed by atoms with E-state index in [-0.39, 0.29) is 18.6 Å². The zero-order chi connectivity index (χ0) is 11.6. The third kappa shape index (κ3) is 2.49. The van der Waals surface area contributed by atoms with Gasteiger partial charge in [0.15, 0.2) is 5.76 Å². The van der Waals surface area contributed by atoms with Crippen LogP contribution in [0.1, 0.15) is 27.2 Å². The Hall–Kier alpha value is -1.52. The van der Waals surface area contributed by atoms with Gasteiger partial charge in [0, 0.05) is 12.0 Å². The Balaban J connectivity index is 2.98. The number of aliphatic hydroxyl groups is 1. The van der Waals surface area contributed by atoms with Gasteiger partial charge in [-0.05, 0) is 20.8 Å². The van der Waals surface area contributed by atoms with Crippen LogP contribution in [0.15, 0.2) is 11.3 Å². The first-order valence-corrected chi connectivity index (χ1v) is 4.79. The van der Waals surface area contributed by atoms with Gasteiger partial charge in [-0.25, -0.2) is 4.79 Å². The van der Waals surface area contributed by atoms with E-state index in [0.29, 0.717) is 0 Å². The van der Waals surface area contributed by atoms with E-state index in [2.05, 4.69) is 5.32 Å². The number of aliphatic hydroxyl groups excluding tert-OH is 1. The van der Waals surface area contributed by atoms with Gasteiger partial charge < -0.3 is 15.2 Å². The van der Waals surface area contributed by atoms with Crippen LogP contribution >= 0.6 is 0 Å². The summed E-state index contributed by atoms with van der Waals surface area (Å²) in [5, 5.41) is 12.0. The van der Waals surface area contributed by atoms with Crippen molar-refractivity contribution in [1.29, 1.82) is 0 Å². The lowest BCUT2D eigenvalue weighted by atomic mass is 9.90. The smallest absolute Gasteiger partial charge is 0.338 e. The van der Waals surface area contributed by atoms with Crippen molar-refractivity contribution in [2.45, 2.75) is 32.7 Å². The molecule has 84 valence electrons. The third-order valence-electron chi connectivity index (χ3n) is 2.09. The van der Waals surface area contributed by atoms with E-state index in [0.717, 1.165) is 0 Å². The zero-order valence-electron chi connectivity index (χ0n) is 9.09. The minimum absolute atomic E-state index is 0.0469. The summed E-state index contributed by atoms with van der Waals surface area (Å²) in [5.74, 6) is -1.79. The number of nitrogens with one attached hydrogen (secondary N) is 1.